The van der Waals surface area contributed by atoms with E-state index < -0.39 is 6.43 Å². The van der Waals surface area contributed by atoms with Crippen LogP contribution in [0.4, 0.5) is 20.5 Å². The molecule has 0 spiro atoms. The fourth-order valence-corrected chi connectivity index (χ4v) is 6.44. The monoisotopic (exact) mass is 571 g/mol. The Morgan fingerprint density at radius 2 is 1.88 bits per heavy atom. The minimum Gasteiger partial charge on any atom is -0.383 e. The van der Waals surface area contributed by atoms with Crippen molar-refractivity contribution in [2.24, 2.45) is 5.92 Å². The van der Waals surface area contributed by atoms with Crippen LogP contribution in [0.25, 0.3) is 16.9 Å². The summed E-state index contributed by atoms with van der Waals surface area (Å²) in [6, 6.07) is 10.0. The number of para-hydroxylation sites is 2. The third-order valence-corrected chi connectivity index (χ3v) is 8.55. The molecule has 0 amide bonds. The Morgan fingerprint density at radius 3 is 2.59 bits per heavy atom. The van der Waals surface area contributed by atoms with Crippen molar-refractivity contribution in [3.05, 3.63) is 36.2 Å². The van der Waals surface area contributed by atoms with Crippen molar-refractivity contribution in [2.45, 2.75) is 71.0 Å². The number of nitrogens with zero attached hydrogens (tertiary/aromatic N) is 6. The molecule has 2 aliphatic rings. The first-order chi connectivity index (χ1) is 19.9. The van der Waals surface area contributed by atoms with Crippen molar-refractivity contribution in [3.63, 3.8) is 0 Å². The topological polar surface area (TPSA) is 80.6 Å². The molecule has 11 heteroatoms. The number of fused-ring (bicyclic) bond motifs is 1. The van der Waals surface area contributed by atoms with Gasteiger partial charge in [0.2, 0.25) is 5.95 Å². The molecule has 1 unspecified atom stereocenters. The van der Waals surface area contributed by atoms with Crippen LogP contribution in [0.1, 0.15) is 58.7 Å². The number of imidazole rings is 1. The van der Waals surface area contributed by atoms with Gasteiger partial charge in [-0.2, -0.15) is 9.97 Å². The maximum atomic E-state index is 14.2. The van der Waals surface area contributed by atoms with E-state index in [1.165, 1.54) is 4.57 Å². The van der Waals surface area contributed by atoms with Crippen LogP contribution in [-0.4, -0.2) is 89.1 Å². The molecule has 2 fully saturated rings. The summed E-state index contributed by atoms with van der Waals surface area (Å²) in [6.07, 6.45) is 1.77. The lowest BCUT2D eigenvalue weighted by Gasteiger charge is -2.39. The molecule has 0 bridgehead atoms. The van der Waals surface area contributed by atoms with E-state index in [2.05, 4.69) is 40.9 Å². The number of likely N-dealkylation sites (N-methyl/N-ethyl adjacent to an activating group) is 1. The molecule has 3 heterocycles. The van der Waals surface area contributed by atoms with Crippen LogP contribution in [0.2, 0.25) is 0 Å². The molecular formula is C30H43F2N7O2. The number of anilines is 2. The summed E-state index contributed by atoms with van der Waals surface area (Å²) in [6.45, 7) is 10.9. The number of morpholine rings is 1. The number of alkyl halides is 2. The van der Waals surface area contributed by atoms with E-state index >= 15 is 0 Å². The number of ether oxygens (including phenoxy) is 2. The molecule has 224 valence electrons. The highest BCUT2D eigenvalue weighted by molar-refractivity contribution is 5.78. The van der Waals surface area contributed by atoms with E-state index in [4.69, 9.17) is 19.4 Å². The molecule has 5 rings (SSSR count). The number of methoxy groups -OCH3 is 1. The van der Waals surface area contributed by atoms with Gasteiger partial charge in [0.15, 0.2) is 5.82 Å². The van der Waals surface area contributed by atoms with Crippen LogP contribution in [0.5, 0.6) is 0 Å². The number of halogens is 2. The van der Waals surface area contributed by atoms with Crippen molar-refractivity contribution in [2.75, 3.05) is 56.8 Å². The molecule has 3 aromatic rings. The van der Waals surface area contributed by atoms with Gasteiger partial charge in [0, 0.05) is 38.3 Å². The normalized spacial score (nSPS) is 22.5. The van der Waals surface area contributed by atoms with Crippen molar-refractivity contribution in [1.29, 1.82) is 0 Å². The fraction of sp³-hybridized carbons (Fsp3) is 0.633. The van der Waals surface area contributed by atoms with Crippen molar-refractivity contribution in [1.82, 2.24) is 24.4 Å². The van der Waals surface area contributed by atoms with Gasteiger partial charge in [-0.25, -0.2) is 13.8 Å². The van der Waals surface area contributed by atoms with Gasteiger partial charge >= 0.3 is 0 Å². The highest BCUT2D eigenvalue weighted by Crippen LogP contribution is 2.31. The standard InChI is InChI=1S/C30H43F2N7O2/c1-5-37(20(2)18-40-4)23-12-10-22(11-13-23)17-33-30-35-26(38-14-15-41-19-21(38)3)16-27(36-30)39-25-9-7-6-8-24(25)34-29(39)28(31)32/h6-9,16,20-23,28H,5,10-15,17-19H2,1-4H3,(H,33,35,36)/t20?,21-,22-,23-/m1/s1. The highest BCUT2D eigenvalue weighted by atomic mass is 19.3. The second kappa shape index (κ2) is 13.4. The number of hydrogen-bond donors (Lipinski definition) is 1. The Balaban J connectivity index is 1.38. The van der Waals surface area contributed by atoms with Gasteiger partial charge < -0.3 is 19.7 Å². The SMILES string of the molecule is CCN(C(C)COC)[C@H]1CC[C@H](CNc2nc(N3CCOC[C@H]3C)cc(-n3c(C(F)F)nc4ccccc43)n2)CC1. The predicted octanol–water partition coefficient (Wildman–Crippen LogP) is 5.31. The third kappa shape index (κ3) is 6.62. The molecule has 2 aromatic heterocycles. The van der Waals surface area contributed by atoms with E-state index in [0.717, 1.165) is 45.4 Å². The average molecular weight is 572 g/mol. The minimum absolute atomic E-state index is 0.103. The molecule has 1 saturated heterocycles. The molecule has 0 radical (unpaired) electrons. The molecule has 1 aliphatic carbocycles. The zero-order chi connectivity index (χ0) is 28.9. The predicted molar refractivity (Wildman–Crippen MR) is 157 cm³/mol. The van der Waals surface area contributed by atoms with Gasteiger partial charge in [-0.05, 0) is 64.1 Å². The second-order valence-corrected chi connectivity index (χ2v) is 11.3. The number of hydrogen-bond acceptors (Lipinski definition) is 8. The van der Waals surface area contributed by atoms with E-state index in [1.807, 2.05) is 6.07 Å². The molecule has 41 heavy (non-hydrogen) atoms. The molecule has 1 aliphatic heterocycles. The lowest BCUT2D eigenvalue weighted by atomic mass is 9.85. The van der Waals surface area contributed by atoms with Gasteiger partial charge in [-0.3, -0.25) is 9.47 Å². The Bertz CT molecular complexity index is 1280. The summed E-state index contributed by atoms with van der Waals surface area (Å²) >= 11 is 0. The van der Waals surface area contributed by atoms with E-state index in [9.17, 15) is 8.78 Å². The van der Waals surface area contributed by atoms with Gasteiger partial charge in [0.1, 0.15) is 11.6 Å². The van der Waals surface area contributed by atoms with Crippen LogP contribution in [0.3, 0.4) is 0 Å². The zero-order valence-corrected chi connectivity index (χ0v) is 24.6. The summed E-state index contributed by atoms with van der Waals surface area (Å²) < 4.78 is 40.9. The lowest BCUT2D eigenvalue weighted by molar-refractivity contribution is 0.0535. The Morgan fingerprint density at radius 1 is 1.12 bits per heavy atom. The summed E-state index contributed by atoms with van der Waals surface area (Å²) in [4.78, 5) is 18.6. The third-order valence-electron chi connectivity index (χ3n) is 8.55. The van der Waals surface area contributed by atoms with E-state index in [0.29, 0.717) is 66.4 Å². The van der Waals surface area contributed by atoms with Crippen molar-refractivity contribution < 1.29 is 18.3 Å². The molecule has 1 N–H and O–H groups in total. The second-order valence-electron chi connectivity index (χ2n) is 11.3. The number of rotatable bonds is 11. The molecule has 2 atom stereocenters. The average Bonchev–Trinajstić information content (AvgIpc) is 3.38. The van der Waals surface area contributed by atoms with Crippen LogP contribution in [-0.2, 0) is 9.47 Å². The van der Waals surface area contributed by atoms with Gasteiger partial charge in [-0.1, -0.05) is 19.1 Å². The first kappa shape index (κ1) is 29.6. The van der Waals surface area contributed by atoms with Crippen molar-refractivity contribution >= 4 is 22.8 Å². The Labute approximate surface area is 241 Å². The largest absolute Gasteiger partial charge is 0.383 e. The zero-order valence-electron chi connectivity index (χ0n) is 24.6. The van der Waals surface area contributed by atoms with Crippen LogP contribution >= 0.6 is 0 Å². The number of nitrogens with one attached hydrogen (secondary N) is 1. The van der Waals surface area contributed by atoms with Crippen LogP contribution in [0, 0.1) is 5.92 Å². The first-order valence-electron chi connectivity index (χ1n) is 14.9. The lowest BCUT2D eigenvalue weighted by Crippen LogP contribution is -2.45. The van der Waals surface area contributed by atoms with E-state index in [1.54, 1.807) is 31.4 Å². The maximum absolute atomic E-state index is 14.2. The minimum atomic E-state index is -2.75. The number of benzene rings is 1. The quantitative estimate of drug-likeness (QED) is 0.332. The Kier molecular flexibility index (Phi) is 9.67. The van der Waals surface area contributed by atoms with Gasteiger partial charge in [0.05, 0.1) is 36.9 Å². The van der Waals surface area contributed by atoms with Gasteiger partial charge in [0.25, 0.3) is 6.43 Å². The summed E-state index contributed by atoms with van der Waals surface area (Å²) in [5, 5.41) is 3.47. The maximum Gasteiger partial charge on any atom is 0.296 e. The van der Waals surface area contributed by atoms with Crippen molar-refractivity contribution in [3.8, 4) is 5.82 Å². The summed E-state index contributed by atoms with van der Waals surface area (Å²) in [7, 11) is 1.76. The molecule has 1 saturated carbocycles. The van der Waals surface area contributed by atoms with Crippen LogP contribution < -0.4 is 10.2 Å². The smallest absolute Gasteiger partial charge is 0.296 e. The van der Waals surface area contributed by atoms with Crippen LogP contribution in [0.15, 0.2) is 30.3 Å². The molecular weight excluding hydrogens is 528 g/mol. The summed E-state index contributed by atoms with van der Waals surface area (Å²) in [5.41, 5.74) is 1.10. The Hall–Kier alpha value is -2.89. The van der Waals surface area contributed by atoms with Gasteiger partial charge in [-0.15, -0.1) is 0 Å². The first-order valence-corrected chi connectivity index (χ1v) is 14.9. The fourth-order valence-electron chi connectivity index (χ4n) is 6.44. The highest BCUT2D eigenvalue weighted by Gasteiger charge is 2.29. The summed E-state index contributed by atoms with van der Waals surface area (Å²) in [5.74, 6) is 1.69. The molecule has 9 nitrogen and oxygen atoms in total. The number of aromatic nitrogens is 4. The molecule has 1 aromatic carbocycles. The van der Waals surface area contributed by atoms with E-state index in [-0.39, 0.29) is 11.9 Å².